The van der Waals surface area contributed by atoms with Crippen molar-refractivity contribution in [3.05, 3.63) is 69.0 Å². The minimum atomic E-state index is -0.483. The lowest BCUT2D eigenvalue weighted by molar-refractivity contribution is 0.560. The number of hydrazine groups is 1. The van der Waals surface area contributed by atoms with Gasteiger partial charge in [-0.15, -0.1) is 11.3 Å². The molecule has 0 saturated carbocycles. The van der Waals surface area contributed by atoms with E-state index in [9.17, 15) is 8.78 Å². The third-order valence-corrected chi connectivity index (χ3v) is 5.03. The Hall–Kier alpha value is -1.34. The number of benzene rings is 2. The maximum Gasteiger partial charge on any atom is 0.142 e. The van der Waals surface area contributed by atoms with Crippen LogP contribution < -0.4 is 11.3 Å². The molecular formula is C15H11BrF2N2S. The van der Waals surface area contributed by atoms with Gasteiger partial charge in [-0.25, -0.2) is 14.2 Å². The van der Waals surface area contributed by atoms with Crippen molar-refractivity contribution in [1.29, 1.82) is 0 Å². The van der Waals surface area contributed by atoms with Crippen LogP contribution in [-0.2, 0) is 0 Å². The SMILES string of the molecule is NNC(c1cc2cc(F)ccc2s1)c1cccc(Br)c1F. The van der Waals surface area contributed by atoms with Crippen molar-refractivity contribution in [2.75, 3.05) is 0 Å². The largest absolute Gasteiger partial charge is 0.271 e. The van der Waals surface area contributed by atoms with Crippen LogP contribution in [0.15, 0.2) is 46.9 Å². The molecule has 0 amide bonds. The van der Waals surface area contributed by atoms with E-state index in [1.54, 1.807) is 24.3 Å². The minimum absolute atomic E-state index is 0.294. The zero-order chi connectivity index (χ0) is 15.0. The summed E-state index contributed by atoms with van der Waals surface area (Å²) >= 11 is 4.63. The third-order valence-electron chi connectivity index (χ3n) is 3.24. The Labute approximate surface area is 132 Å². The van der Waals surface area contributed by atoms with Gasteiger partial charge in [0.1, 0.15) is 11.6 Å². The van der Waals surface area contributed by atoms with E-state index in [0.717, 1.165) is 15.0 Å². The lowest BCUT2D eigenvalue weighted by Gasteiger charge is -2.16. The Morgan fingerprint density at radius 3 is 2.71 bits per heavy atom. The molecule has 0 saturated heterocycles. The molecule has 1 heterocycles. The molecule has 3 aromatic rings. The molecule has 0 spiro atoms. The highest BCUT2D eigenvalue weighted by Crippen LogP contribution is 2.35. The van der Waals surface area contributed by atoms with E-state index >= 15 is 0 Å². The van der Waals surface area contributed by atoms with Gasteiger partial charge in [0.25, 0.3) is 0 Å². The Balaban J connectivity index is 2.11. The first-order chi connectivity index (χ1) is 10.1. The number of hydrogen-bond donors (Lipinski definition) is 2. The number of nitrogens with one attached hydrogen (secondary N) is 1. The summed E-state index contributed by atoms with van der Waals surface area (Å²) in [7, 11) is 0. The van der Waals surface area contributed by atoms with Crippen LogP contribution in [0.3, 0.4) is 0 Å². The summed E-state index contributed by atoms with van der Waals surface area (Å²) in [6, 6.07) is 11.0. The second-order valence-corrected chi connectivity index (χ2v) is 6.54. The fraction of sp³-hybridized carbons (Fsp3) is 0.0667. The van der Waals surface area contributed by atoms with Crippen molar-refractivity contribution in [2.45, 2.75) is 6.04 Å². The van der Waals surface area contributed by atoms with Gasteiger partial charge in [-0.1, -0.05) is 12.1 Å². The van der Waals surface area contributed by atoms with Gasteiger partial charge < -0.3 is 0 Å². The molecule has 3 N–H and O–H groups in total. The number of halogens is 3. The predicted molar refractivity (Wildman–Crippen MR) is 85.0 cm³/mol. The Kier molecular flexibility index (Phi) is 4.03. The highest BCUT2D eigenvalue weighted by atomic mass is 79.9. The molecule has 2 aromatic carbocycles. The smallest absolute Gasteiger partial charge is 0.142 e. The van der Waals surface area contributed by atoms with Gasteiger partial charge in [-0.2, -0.15) is 0 Å². The zero-order valence-electron chi connectivity index (χ0n) is 10.7. The molecule has 0 bridgehead atoms. The van der Waals surface area contributed by atoms with Gasteiger partial charge in [0, 0.05) is 15.1 Å². The van der Waals surface area contributed by atoms with Crippen molar-refractivity contribution < 1.29 is 8.78 Å². The van der Waals surface area contributed by atoms with Crippen molar-refractivity contribution in [1.82, 2.24) is 5.43 Å². The van der Waals surface area contributed by atoms with E-state index in [4.69, 9.17) is 5.84 Å². The lowest BCUT2D eigenvalue weighted by Crippen LogP contribution is -2.29. The topological polar surface area (TPSA) is 38.0 Å². The second kappa shape index (κ2) is 5.81. The summed E-state index contributed by atoms with van der Waals surface area (Å²) in [6.45, 7) is 0. The van der Waals surface area contributed by atoms with Crippen LogP contribution in [0, 0.1) is 11.6 Å². The Morgan fingerprint density at radius 1 is 1.14 bits per heavy atom. The second-order valence-electron chi connectivity index (χ2n) is 4.57. The summed E-state index contributed by atoms with van der Waals surface area (Å²) in [6.07, 6.45) is 0. The van der Waals surface area contributed by atoms with Crippen LogP contribution in [0.2, 0.25) is 0 Å². The predicted octanol–water partition coefficient (Wildman–Crippen LogP) is 4.49. The molecule has 0 radical (unpaired) electrons. The maximum atomic E-state index is 14.2. The molecular weight excluding hydrogens is 358 g/mol. The summed E-state index contributed by atoms with van der Waals surface area (Å²) < 4.78 is 28.8. The van der Waals surface area contributed by atoms with E-state index in [-0.39, 0.29) is 11.6 Å². The molecule has 0 fully saturated rings. The molecule has 1 atom stereocenters. The van der Waals surface area contributed by atoms with Crippen molar-refractivity contribution >= 4 is 37.4 Å². The third kappa shape index (κ3) is 2.72. The fourth-order valence-electron chi connectivity index (χ4n) is 2.25. The number of hydrogen-bond acceptors (Lipinski definition) is 3. The van der Waals surface area contributed by atoms with E-state index in [1.807, 2.05) is 6.07 Å². The molecule has 2 nitrogen and oxygen atoms in total. The fourth-order valence-corrected chi connectivity index (χ4v) is 3.75. The first-order valence-electron chi connectivity index (χ1n) is 6.19. The van der Waals surface area contributed by atoms with Crippen LogP contribution in [0.5, 0.6) is 0 Å². The molecule has 0 aliphatic carbocycles. The van der Waals surface area contributed by atoms with Gasteiger partial charge in [0.2, 0.25) is 0 Å². The van der Waals surface area contributed by atoms with Gasteiger partial charge in [-0.05, 0) is 51.6 Å². The van der Waals surface area contributed by atoms with Gasteiger partial charge in [0.15, 0.2) is 0 Å². The van der Waals surface area contributed by atoms with Crippen molar-refractivity contribution in [2.24, 2.45) is 5.84 Å². The molecule has 21 heavy (non-hydrogen) atoms. The van der Waals surface area contributed by atoms with Gasteiger partial charge in [0.05, 0.1) is 10.5 Å². The highest BCUT2D eigenvalue weighted by Gasteiger charge is 2.20. The van der Waals surface area contributed by atoms with Crippen LogP contribution >= 0.6 is 27.3 Å². The molecule has 1 unspecified atom stereocenters. The first-order valence-corrected chi connectivity index (χ1v) is 7.80. The first kappa shape index (κ1) is 14.6. The van der Waals surface area contributed by atoms with Crippen molar-refractivity contribution in [3.63, 3.8) is 0 Å². The standard InChI is InChI=1S/C15H11BrF2N2S/c16-11-3-1-2-10(14(11)18)15(20-19)13-7-8-6-9(17)4-5-12(8)21-13/h1-7,15,20H,19H2. The van der Waals surface area contributed by atoms with Gasteiger partial charge in [-0.3, -0.25) is 5.84 Å². The molecule has 108 valence electrons. The summed E-state index contributed by atoms with van der Waals surface area (Å²) in [5.74, 6) is 4.96. The summed E-state index contributed by atoms with van der Waals surface area (Å²) in [5, 5.41) is 0.783. The van der Waals surface area contributed by atoms with Gasteiger partial charge >= 0.3 is 0 Å². The van der Waals surface area contributed by atoms with Crippen molar-refractivity contribution in [3.8, 4) is 0 Å². The average Bonchev–Trinajstić information content (AvgIpc) is 2.87. The highest BCUT2D eigenvalue weighted by molar-refractivity contribution is 9.10. The van der Waals surface area contributed by atoms with E-state index in [1.165, 1.54) is 23.5 Å². The Morgan fingerprint density at radius 2 is 1.95 bits per heavy atom. The molecule has 1 aromatic heterocycles. The van der Waals surface area contributed by atoms with Crippen LogP contribution in [0.1, 0.15) is 16.5 Å². The quantitative estimate of drug-likeness (QED) is 0.527. The van der Waals surface area contributed by atoms with E-state index in [2.05, 4.69) is 21.4 Å². The number of fused-ring (bicyclic) bond motifs is 1. The molecule has 6 heteroatoms. The number of nitrogens with two attached hydrogens (primary N) is 1. The number of rotatable bonds is 3. The molecule has 3 rings (SSSR count). The molecule has 0 aliphatic heterocycles. The summed E-state index contributed by atoms with van der Waals surface area (Å²) in [4.78, 5) is 0.829. The lowest BCUT2D eigenvalue weighted by atomic mass is 10.0. The zero-order valence-corrected chi connectivity index (χ0v) is 13.1. The number of thiophene rings is 1. The molecule has 0 aliphatic rings. The Bertz CT molecular complexity index is 803. The average molecular weight is 369 g/mol. The van der Waals surface area contributed by atoms with Crippen LogP contribution in [-0.4, -0.2) is 0 Å². The summed E-state index contributed by atoms with van der Waals surface area (Å²) in [5.41, 5.74) is 3.08. The van der Waals surface area contributed by atoms with E-state index in [0.29, 0.717) is 10.0 Å². The van der Waals surface area contributed by atoms with Crippen LogP contribution in [0.25, 0.3) is 10.1 Å². The maximum absolute atomic E-state index is 14.2. The van der Waals surface area contributed by atoms with E-state index < -0.39 is 6.04 Å². The minimum Gasteiger partial charge on any atom is -0.271 e. The monoisotopic (exact) mass is 368 g/mol. The normalized spacial score (nSPS) is 12.8. The van der Waals surface area contributed by atoms with Crippen LogP contribution in [0.4, 0.5) is 8.78 Å².